The molecule has 0 aromatic carbocycles. The SMILES string of the molecule is CC(O)C1CCN(CC2(CN)CCCC2)CC1. The first-order valence-corrected chi connectivity index (χ1v) is 7.26. The molecule has 100 valence electrons. The van der Waals surface area contributed by atoms with Crippen LogP contribution in [-0.4, -0.2) is 42.3 Å². The molecule has 1 saturated carbocycles. The van der Waals surface area contributed by atoms with Crippen LogP contribution < -0.4 is 5.73 Å². The van der Waals surface area contributed by atoms with Gasteiger partial charge >= 0.3 is 0 Å². The summed E-state index contributed by atoms with van der Waals surface area (Å²) in [7, 11) is 0. The Kier molecular flexibility index (Phi) is 4.45. The molecule has 3 nitrogen and oxygen atoms in total. The van der Waals surface area contributed by atoms with E-state index in [1.54, 1.807) is 0 Å². The van der Waals surface area contributed by atoms with Crippen molar-refractivity contribution < 1.29 is 5.11 Å². The normalized spacial score (nSPS) is 28.4. The molecule has 0 amide bonds. The second-order valence-corrected chi connectivity index (χ2v) is 6.27. The maximum Gasteiger partial charge on any atom is 0.0541 e. The minimum absolute atomic E-state index is 0.132. The van der Waals surface area contributed by atoms with Gasteiger partial charge in [-0.15, -0.1) is 0 Å². The summed E-state index contributed by atoms with van der Waals surface area (Å²) in [4.78, 5) is 2.58. The summed E-state index contributed by atoms with van der Waals surface area (Å²) >= 11 is 0. The van der Waals surface area contributed by atoms with Gasteiger partial charge in [0.1, 0.15) is 0 Å². The Morgan fingerprint density at radius 1 is 1.29 bits per heavy atom. The molecule has 1 heterocycles. The number of rotatable bonds is 4. The summed E-state index contributed by atoms with van der Waals surface area (Å²) in [5.41, 5.74) is 6.41. The van der Waals surface area contributed by atoms with Gasteiger partial charge in [-0.05, 0) is 63.6 Å². The van der Waals surface area contributed by atoms with Crippen LogP contribution in [0.5, 0.6) is 0 Å². The summed E-state index contributed by atoms with van der Waals surface area (Å²) in [5, 5.41) is 9.61. The fourth-order valence-corrected chi connectivity index (χ4v) is 3.62. The van der Waals surface area contributed by atoms with Crippen molar-refractivity contribution in [2.24, 2.45) is 17.1 Å². The lowest BCUT2D eigenvalue weighted by Gasteiger charge is -2.39. The molecule has 1 unspecified atom stereocenters. The van der Waals surface area contributed by atoms with E-state index in [0.717, 1.165) is 32.5 Å². The zero-order valence-corrected chi connectivity index (χ0v) is 11.2. The fraction of sp³-hybridized carbons (Fsp3) is 1.00. The Morgan fingerprint density at radius 2 is 1.88 bits per heavy atom. The van der Waals surface area contributed by atoms with Gasteiger partial charge in [0.2, 0.25) is 0 Å². The van der Waals surface area contributed by atoms with Gasteiger partial charge < -0.3 is 15.7 Å². The molecule has 0 spiro atoms. The lowest BCUT2D eigenvalue weighted by Crippen LogP contribution is -2.45. The number of aliphatic hydroxyl groups is 1. The molecule has 1 atom stereocenters. The van der Waals surface area contributed by atoms with Crippen molar-refractivity contribution in [2.45, 2.75) is 51.6 Å². The number of hydrogen-bond donors (Lipinski definition) is 2. The van der Waals surface area contributed by atoms with Gasteiger partial charge in [0.25, 0.3) is 0 Å². The Labute approximate surface area is 105 Å². The quantitative estimate of drug-likeness (QED) is 0.785. The van der Waals surface area contributed by atoms with Crippen LogP contribution in [0.3, 0.4) is 0 Å². The molecule has 2 rings (SSSR count). The molecule has 3 N–H and O–H groups in total. The van der Waals surface area contributed by atoms with E-state index in [0.29, 0.717) is 11.3 Å². The van der Waals surface area contributed by atoms with Gasteiger partial charge in [-0.25, -0.2) is 0 Å². The standard InChI is InChI=1S/C14H28N2O/c1-12(17)13-4-8-16(9-5-13)11-14(10-15)6-2-3-7-14/h12-13,17H,2-11,15H2,1H3. The summed E-state index contributed by atoms with van der Waals surface area (Å²) in [5.74, 6) is 0.517. The number of hydrogen-bond acceptors (Lipinski definition) is 3. The van der Waals surface area contributed by atoms with Crippen molar-refractivity contribution in [1.82, 2.24) is 4.90 Å². The van der Waals surface area contributed by atoms with Crippen molar-refractivity contribution in [2.75, 3.05) is 26.2 Å². The molecule has 0 radical (unpaired) electrons. The van der Waals surface area contributed by atoms with Crippen molar-refractivity contribution >= 4 is 0 Å². The molecule has 0 aromatic rings. The molecule has 17 heavy (non-hydrogen) atoms. The minimum Gasteiger partial charge on any atom is -0.393 e. The van der Waals surface area contributed by atoms with Gasteiger partial charge in [0, 0.05) is 6.54 Å². The van der Waals surface area contributed by atoms with Crippen LogP contribution in [-0.2, 0) is 0 Å². The van der Waals surface area contributed by atoms with E-state index >= 15 is 0 Å². The molecule has 1 aliphatic heterocycles. The maximum absolute atomic E-state index is 9.61. The Morgan fingerprint density at radius 3 is 2.35 bits per heavy atom. The van der Waals surface area contributed by atoms with Gasteiger partial charge in [0.05, 0.1) is 6.10 Å². The molecule has 0 aromatic heterocycles. The highest BCUT2D eigenvalue weighted by Crippen LogP contribution is 2.38. The van der Waals surface area contributed by atoms with Gasteiger partial charge in [-0.2, -0.15) is 0 Å². The molecule has 0 bridgehead atoms. The van der Waals surface area contributed by atoms with Crippen molar-refractivity contribution in [1.29, 1.82) is 0 Å². The number of aliphatic hydroxyl groups excluding tert-OH is 1. The van der Waals surface area contributed by atoms with E-state index in [1.807, 2.05) is 6.92 Å². The predicted octanol–water partition coefficient (Wildman–Crippen LogP) is 1.60. The Bertz CT molecular complexity index is 228. The van der Waals surface area contributed by atoms with Gasteiger partial charge in [-0.1, -0.05) is 12.8 Å². The highest BCUT2D eigenvalue weighted by Gasteiger charge is 2.35. The van der Waals surface area contributed by atoms with E-state index in [1.165, 1.54) is 32.2 Å². The number of piperidine rings is 1. The van der Waals surface area contributed by atoms with Crippen LogP contribution in [0.1, 0.15) is 45.4 Å². The smallest absolute Gasteiger partial charge is 0.0541 e. The zero-order chi connectivity index (χ0) is 12.3. The van der Waals surface area contributed by atoms with E-state index in [4.69, 9.17) is 5.73 Å². The highest BCUT2D eigenvalue weighted by molar-refractivity contribution is 4.89. The second kappa shape index (κ2) is 5.68. The lowest BCUT2D eigenvalue weighted by molar-refractivity contribution is 0.0546. The molecular formula is C14H28N2O. The average molecular weight is 240 g/mol. The van der Waals surface area contributed by atoms with Crippen LogP contribution in [0, 0.1) is 11.3 Å². The van der Waals surface area contributed by atoms with Gasteiger partial charge in [-0.3, -0.25) is 0 Å². The molecule has 3 heteroatoms. The first-order chi connectivity index (χ1) is 8.15. The fourth-order valence-electron chi connectivity index (χ4n) is 3.62. The van der Waals surface area contributed by atoms with Crippen LogP contribution in [0.25, 0.3) is 0 Å². The monoisotopic (exact) mass is 240 g/mol. The van der Waals surface area contributed by atoms with Crippen molar-refractivity contribution in [3.8, 4) is 0 Å². The number of nitrogens with zero attached hydrogens (tertiary/aromatic N) is 1. The molecule has 1 saturated heterocycles. The Hall–Kier alpha value is -0.120. The predicted molar refractivity (Wildman–Crippen MR) is 70.8 cm³/mol. The lowest BCUT2D eigenvalue weighted by atomic mass is 9.84. The third kappa shape index (κ3) is 3.21. The zero-order valence-electron chi connectivity index (χ0n) is 11.2. The second-order valence-electron chi connectivity index (χ2n) is 6.27. The van der Waals surface area contributed by atoms with Crippen LogP contribution in [0.2, 0.25) is 0 Å². The number of nitrogens with two attached hydrogens (primary N) is 1. The van der Waals surface area contributed by atoms with E-state index in [2.05, 4.69) is 4.90 Å². The minimum atomic E-state index is -0.132. The summed E-state index contributed by atoms with van der Waals surface area (Å²) in [6, 6.07) is 0. The van der Waals surface area contributed by atoms with E-state index in [-0.39, 0.29) is 6.10 Å². The largest absolute Gasteiger partial charge is 0.393 e. The van der Waals surface area contributed by atoms with Gasteiger partial charge in [0.15, 0.2) is 0 Å². The van der Waals surface area contributed by atoms with E-state index < -0.39 is 0 Å². The van der Waals surface area contributed by atoms with Crippen molar-refractivity contribution in [3.63, 3.8) is 0 Å². The van der Waals surface area contributed by atoms with E-state index in [9.17, 15) is 5.11 Å². The first kappa shape index (κ1) is 13.3. The molecule has 1 aliphatic carbocycles. The third-order valence-corrected chi connectivity index (χ3v) is 4.97. The third-order valence-electron chi connectivity index (χ3n) is 4.97. The highest BCUT2D eigenvalue weighted by atomic mass is 16.3. The van der Waals surface area contributed by atoms with Crippen LogP contribution in [0.4, 0.5) is 0 Å². The van der Waals surface area contributed by atoms with Crippen LogP contribution in [0.15, 0.2) is 0 Å². The summed E-state index contributed by atoms with van der Waals surface area (Å²) < 4.78 is 0. The Balaban J connectivity index is 1.81. The molecule has 2 fully saturated rings. The number of likely N-dealkylation sites (tertiary alicyclic amines) is 1. The topological polar surface area (TPSA) is 49.5 Å². The van der Waals surface area contributed by atoms with Crippen molar-refractivity contribution in [3.05, 3.63) is 0 Å². The van der Waals surface area contributed by atoms with Crippen LogP contribution >= 0.6 is 0 Å². The maximum atomic E-state index is 9.61. The molecule has 2 aliphatic rings. The first-order valence-electron chi connectivity index (χ1n) is 7.26. The average Bonchev–Trinajstić information content (AvgIpc) is 2.79. The summed E-state index contributed by atoms with van der Waals surface area (Å²) in [6.45, 7) is 6.27. The summed E-state index contributed by atoms with van der Waals surface area (Å²) in [6.07, 6.45) is 7.53. The molecular weight excluding hydrogens is 212 g/mol.